The Kier molecular flexibility index (Phi) is 3.64. The van der Waals surface area contributed by atoms with Crippen LogP contribution in [0.15, 0.2) is 53.8 Å². The Morgan fingerprint density at radius 1 is 1.24 bits per heavy atom. The van der Waals surface area contributed by atoms with Gasteiger partial charge in [-0.3, -0.25) is 9.78 Å². The maximum atomic E-state index is 11.8. The van der Waals surface area contributed by atoms with Crippen molar-refractivity contribution in [2.24, 2.45) is 5.10 Å². The molecule has 1 amide bonds. The van der Waals surface area contributed by atoms with Gasteiger partial charge in [0.2, 0.25) is 0 Å². The van der Waals surface area contributed by atoms with Gasteiger partial charge in [0.05, 0.1) is 17.4 Å². The van der Waals surface area contributed by atoms with Crippen LogP contribution in [0.1, 0.15) is 5.69 Å². The van der Waals surface area contributed by atoms with Crippen LogP contribution in [-0.4, -0.2) is 32.1 Å². The molecule has 0 aliphatic carbocycles. The van der Waals surface area contributed by atoms with Gasteiger partial charge in [-0.1, -0.05) is 23.4 Å². The van der Waals surface area contributed by atoms with Crippen LogP contribution in [0, 0.1) is 0 Å². The van der Waals surface area contributed by atoms with E-state index in [4.69, 9.17) is 0 Å². The summed E-state index contributed by atoms with van der Waals surface area (Å²) in [6, 6.07) is 12.9. The number of benzene rings is 1. The van der Waals surface area contributed by atoms with Crippen molar-refractivity contribution in [2.45, 2.75) is 6.54 Å². The lowest BCUT2D eigenvalue weighted by molar-refractivity contribution is -0.121. The number of rotatable bonds is 4. The number of pyridine rings is 1. The van der Waals surface area contributed by atoms with Gasteiger partial charge in [0, 0.05) is 6.20 Å². The molecule has 0 atom stereocenters. The minimum absolute atomic E-state index is 0.0556. The Morgan fingerprint density at radius 2 is 2.10 bits per heavy atom. The number of hydrogen-bond acceptors (Lipinski definition) is 5. The Labute approximate surface area is 120 Å². The van der Waals surface area contributed by atoms with Crippen molar-refractivity contribution in [3.05, 3.63) is 54.4 Å². The smallest absolute Gasteiger partial charge is 0.261 e. The van der Waals surface area contributed by atoms with E-state index in [1.165, 1.54) is 10.9 Å². The summed E-state index contributed by atoms with van der Waals surface area (Å²) >= 11 is 0. The van der Waals surface area contributed by atoms with E-state index in [-0.39, 0.29) is 12.5 Å². The predicted octanol–water partition coefficient (Wildman–Crippen LogP) is 0.977. The lowest BCUT2D eigenvalue weighted by Gasteiger charge is -2.00. The van der Waals surface area contributed by atoms with Crippen LogP contribution in [0.2, 0.25) is 0 Å². The average molecular weight is 280 g/mol. The average Bonchev–Trinajstić information content (AvgIpc) is 2.92. The molecule has 3 rings (SSSR count). The zero-order chi connectivity index (χ0) is 14.5. The second-order valence-electron chi connectivity index (χ2n) is 4.28. The van der Waals surface area contributed by atoms with Gasteiger partial charge in [-0.25, -0.2) is 10.1 Å². The zero-order valence-corrected chi connectivity index (χ0v) is 11.0. The fourth-order valence-electron chi connectivity index (χ4n) is 1.83. The maximum Gasteiger partial charge on any atom is 0.261 e. The Bertz CT molecular complexity index is 780. The van der Waals surface area contributed by atoms with Crippen LogP contribution in [0.4, 0.5) is 0 Å². The molecular formula is C14H12N6O. The third kappa shape index (κ3) is 3.08. The molecule has 0 aliphatic heterocycles. The van der Waals surface area contributed by atoms with Crippen LogP contribution in [0.3, 0.4) is 0 Å². The van der Waals surface area contributed by atoms with Crippen molar-refractivity contribution in [2.75, 3.05) is 0 Å². The number of aromatic nitrogens is 4. The van der Waals surface area contributed by atoms with Crippen LogP contribution in [0.5, 0.6) is 0 Å². The van der Waals surface area contributed by atoms with Crippen molar-refractivity contribution >= 4 is 23.2 Å². The molecule has 0 fully saturated rings. The van der Waals surface area contributed by atoms with Crippen molar-refractivity contribution in [1.82, 2.24) is 25.4 Å². The molecule has 0 radical (unpaired) electrons. The van der Waals surface area contributed by atoms with Crippen molar-refractivity contribution in [3.8, 4) is 0 Å². The number of carbonyl (C=O) groups excluding carboxylic acids is 1. The van der Waals surface area contributed by atoms with Crippen molar-refractivity contribution < 1.29 is 4.79 Å². The summed E-state index contributed by atoms with van der Waals surface area (Å²) in [7, 11) is 0. The number of carbonyl (C=O) groups is 1. The summed E-state index contributed by atoms with van der Waals surface area (Å²) in [5, 5.41) is 11.8. The molecule has 0 bridgehead atoms. The highest BCUT2D eigenvalue weighted by Gasteiger charge is 2.07. The quantitative estimate of drug-likeness (QED) is 0.570. The highest BCUT2D eigenvalue weighted by atomic mass is 16.2. The van der Waals surface area contributed by atoms with Gasteiger partial charge in [-0.05, 0) is 24.3 Å². The van der Waals surface area contributed by atoms with Gasteiger partial charge in [0.25, 0.3) is 5.91 Å². The number of hydrogen-bond donors (Lipinski definition) is 1. The molecule has 7 nitrogen and oxygen atoms in total. The maximum absolute atomic E-state index is 11.8. The summed E-state index contributed by atoms with van der Waals surface area (Å²) in [6.45, 7) is 0.0556. The molecule has 0 saturated heterocycles. The van der Waals surface area contributed by atoms with E-state index in [9.17, 15) is 4.79 Å². The summed E-state index contributed by atoms with van der Waals surface area (Å²) in [6.07, 6.45) is 3.14. The van der Waals surface area contributed by atoms with E-state index in [0.717, 1.165) is 11.0 Å². The number of hydrazone groups is 1. The van der Waals surface area contributed by atoms with Gasteiger partial charge >= 0.3 is 0 Å². The van der Waals surface area contributed by atoms with Crippen LogP contribution in [0.25, 0.3) is 11.0 Å². The number of amides is 1. The molecule has 104 valence electrons. The van der Waals surface area contributed by atoms with Crippen molar-refractivity contribution in [1.29, 1.82) is 0 Å². The van der Waals surface area contributed by atoms with Gasteiger partial charge < -0.3 is 0 Å². The van der Waals surface area contributed by atoms with Gasteiger partial charge in [0.15, 0.2) is 0 Å². The molecule has 0 aliphatic rings. The molecule has 21 heavy (non-hydrogen) atoms. The first-order valence-electron chi connectivity index (χ1n) is 6.34. The molecular weight excluding hydrogens is 268 g/mol. The Balaban J connectivity index is 1.63. The minimum Gasteiger partial charge on any atom is -0.271 e. The summed E-state index contributed by atoms with van der Waals surface area (Å²) < 4.78 is 1.53. The van der Waals surface area contributed by atoms with Crippen LogP contribution in [-0.2, 0) is 11.3 Å². The lowest BCUT2D eigenvalue weighted by atomic mass is 10.3. The lowest BCUT2D eigenvalue weighted by Crippen LogP contribution is -2.23. The number of nitrogens with zero attached hydrogens (tertiary/aromatic N) is 5. The first-order chi connectivity index (χ1) is 10.3. The standard InChI is InChI=1S/C14H12N6O/c21-14(18-16-9-11-5-3-4-8-15-11)10-20-13-7-2-1-6-12(13)17-19-20/h1-9H,10H2,(H,18,21). The monoisotopic (exact) mass is 280 g/mol. The summed E-state index contributed by atoms with van der Waals surface area (Å²) in [5.41, 5.74) is 4.67. The van der Waals surface area contributed by atoms with Gasteiger partial charge in [0.1, 0.15) is 12.1 Å². The minimum atomic E-state index is -0.280. The summed E-state index contributed by atoms with van der Waals surface area (Å²) in [5.74, 6) is -0.280. The molecule has 2 heterocycles. The highest BCUT2D eigenvalue weighted by molar-refractivity contribution is 5.82. The van der Waals surface area contributed by atoms with Gasteiger partial charge in [-0.2, -0.15) is 5.10 Å². The third-order valence-corrected chi connectivity index (χ3v) is 2.79. The van der Waals surface area contributed by atoms with E-state index in [0.29, 0.717) is 5.69 Å². The van der Waals surface area contributed by atoms with Crippen LogP contribution >= 0.6 is 0 Å². The fraction of sp³-hybridized carbons (Fsp3) is 0.0714. The molecule has 3 aromatic rings. The number of nitrogens with one attached hydrogen (secondary N) is 1. The Hall–Kier alpha value is -3.09. The van der Waals surface area contributed by atoms with E-state index < -0.39 is 0 Å². The van der Waals surface area contributed by atoms with Gasteiger partial charge in [-0.15, -0.1) is 5.10 Å². The van der Waals surface area contributed by atoms with E-state index in [2.05, 4.69) is 25.8 Å². The molecule has 1 aromatic carbocycles. The highest BCUT2D eigenvalue weighted by Crippen LogP contribution is 2.08. The topological polar surface area (TPSA) is 85.1 Å². The van der Waals surface area contributed by atoms with Crippen molar-refractivity contribution in [3.63, 3.8) is 0 Å². The SMILES string of the molecule is O=C(Cn1nnc2ccccc21)NN=Cc1ccccn1. The predicted molar refractivity (Wildman–Crippen MR) is 77.5 cm³/mol. The first kappa shape index (κ1) is 12.9. The summed E-state index contributed by atoms with van der Waals surface area (Å²) in [4.78, 5) is 15.9. The van der Waals surface area contributed by atoms with E-state index in [1.807, 2.05) is 36.4 Å². The zero-order valence-electron chi connectivity index (χ0n) is 11.0. The molecule has 7 heteroatoms. The first-order valence-corrected chi connectivity index (χ1v) is 6.34. The second kappa shape index (κ2) is 5.91. The molecule has 0 saturated carbocycles. The number of fused-ring (bicyclic) bond motifs is 1. The second-order valence-corrected chi connectivity index (χ2v) is 4.28. The molecule has 0 unspecified atom stereocenters. The fourth-order valence-corrected chi connectivity index (χ4v) is 1.83. The molecule has 2 aromatic heterocycles. The molecule has 1 N–H and O–H groups in total. The van der Waals surface area contributed by atoms with E-state index >= 15 is 0 Å². The van der Waals surface area contributed by atoms with Crippen LogP contribution < -0.4 is 5.43 Å². The van der Waals surface area contributed by atoms with E-state index in [1.54, 1.807) is 12.3 Å². The number of para-hydroxylation sites is 1. The normalized spacial score (nSPS) is 11.0. The third-order valence-electron chi connectivity index (χ3n) is 2.79. The molecule has 0 spiro atoms. The Morgan fingerprint density at radius 3 is 2.95 bits per heavy atom. The largest absolute Gasteiger partial charge is 0.271 e.